The van der Waals surface area contributed by atoms with E-state index in [2.05, 4.69) is 5.32 Å². The van der Waals surface area contributed by atoms with Gasteiger partial charge in [-0.15, -0.1) is 0 Å². The first-order valence-corrected chi connectivity index (χ1v) is 9.15. The average Bonchev–Trinajstić information content (AvgIpc) is 2.67. The number of methoxy groups -OCH3 is 2. The van der Waals surface area contributed by atoms with Crippen molar-refractivity contribution in [1.29, 1.82) is 0 Å². The second-order valence-electron chi connectivity index (χ2n) is 7.49. The maximum atomic E-state index is 12.3. The Morgan fingerprint density at radius 2 is 1.28 bits per heavy atom. The summed E-state index contributed by atoms with van der Waals surface area (Å²) in [6, 6.07) is 12.9. The molecule has 0 fully saturated rings. The minimum absolute atomic E-state index is 0.647. The summed E-state index contributed by atoms with van der Waals surface area (Å²) >= 11 is 0. The molecule has 0 aliphatic carbocycles. The van der Waals surface area contributed by atoms with Crippen LogP contribution in [0.1, 0.15) is 37.8 Å². The molecule has 156 valence electrons. The fourth-order valence-electron chi connectivity index (χ4n) is 2.92. The van der Waals surface area contributed by atoms with Crippen LogP contribution in [-0.2, 0) is 9.53 Å². The van der Waals surface area contributed by atoms with Gasteiger partial charge in [-0.05, 0) is 56.2 Å². The zero-order valence-corrected chi connectivity index (χ0v) is 17.3. The van der Waals surface area contributed by atoms with Crippen molar-refractivity contribution in [2.45, 2.75) is 38.3 Å². The van der Waals surface area contributed by atoms with E-state index in [1.807, 2.05) is 0 Å². The quantitative estimate of drug-likeness (QED) is 0.733. The minimum atomic E-state index is -1.24. The fourth-order valence-corrected chi connectivity index (χ4v) is 2.92. The lowest BCUT2D eigenvalue weighted by Gasteiger charge is -2.28. The number of carboxylic acids is 1. The van der Waals surface area contributed by atoms with Gasteiger partial charge in [0.2, 0.25) is 0 Å². The third-order valence-corrected chi connectivity index (χ3v) is 4.22. The molecular formula is C22H27NO6. The summed E-state index contributed by atoms with van der Waals surface area (Å²) in [6.07, 6.45) is -0.795. The van der Waals surface area contributed by atoms with Crippen molar-refractivity contribution in [3.05, 3.63) is 59.7 Å². The Labute approximate surface area is 170 Å². The van der Waals surface area contributed by atoms with E-state index in [-0.39, 0.29) is 0 Å². The van der Waals surface area contributed by atoms with E-state index in [4.69, 9.17) is 14.2 Å². The van der Waals surface area contributed by atoms with Gasteiger partial charge >= 0.3 is 12.1 Å². The van der Waals surface area contributed by atoms with Gasteiger partial charge in [0.15, 0.2) is 0 Å². The smallest absolute Gasteiger partial charge is 0.408 e. The molecule has 2 aromatic rings. The van der Waals surface area contributed by atoms with Gasteiger partial charge in [0, 0.05) is 5.92 Å². The van der Waals surface area contributed by atoms with Gasteiger partial charge in [0.25, 0.3) is 0 Å². The molecule has 0 aliphatic heterocycles. The van der Waals surface area contributed by atoms with Crippen molar-refractivity contribution < 1.29 is 28.9 Å². The molecule has 2 N–H and O–H groups in total. The van der Waals surface area contributed by atoms with E-state index in [9.17, 15) is 14.7 Å². The van der Waals surface area contributed by atoms with Gasteiger partial charge in [-0.2, -0.15) is 0 Å². The Balaban J connectivity index is 2.46. The first-order valence-electron chi connectivity index (χ1n) is 9.15. The number of benzene rings is 2. The van der Waals surface area contributed by atoms with Crippen LogP contribution in [0.3, 0.4) is 0 Å². The third-order valence-electron chi connectivity index (χ3n) is 4.22. The maximum Gasteiger partial charge on any atom is 0.408 e. The second kappa shape index (κ2) is 9.32. The molecule has 0 aliphatic rings. The minimum Gasteiger partial charge on any atom is -0.497 e. The molecule has 1 unspecified atom stereocenters. The number of carbonyl (C=O) groups is 2. The molecule has 7 nitrogen and oxygen atoms in total. The Kier molecular flexibility index (Phi) is 7.09. The number of aliphatic carboxylic acids is 1. The normalized spacial score (nSPS) is 12.2. The maximum absolute atomic E-state index is 12.3. The van der Waals surface area contributed by atoms with Crippen LogP contribution in [0, 0.1) is 0 Å². The van der Waals surface area contributed by atoms with Crippen molar-refractivity contribution in [2.24, 2.45) is 0 Å². The molecule has 0 saturated carbocycles. The van der Waals surface area contributed by atoms with Gasteiger partial charge in [0.05, 0.1) is 14.2 Å². The van der Waals surface area contributed by atoms with E-state index in [1.165, 1.54) is 0 Å². The summed E-state index contributed by atoms with van der Waals surface area (Å²) in [5, 5.41) is 12.4. The van der Waals surface area contributed by atoms with Gasteiger partial charge in [-0.3, -0.25) is 0 Å². The number of amides is 1. The summed E-state index contributed by atoms with van der Waals surface area (Å²) in [5.74, 6) is -0.534. The Morgan fingerprint density at radius 1 is 0.862 bits per heavy atom. The molecule has 29 heavy (non-hydrogen) atoms. The lowest BCUT2D eigenvalue weighted by atomic mass is 9.85. The standard InChI is InChI=1S/C22H27NO6/c1-22(2,3)29-21(26)23-19(20(24)25)18(14-6-10-16(27-4)11-7-14)15-8-12-17(28-5)13-9-15/h6-13,18-19H,1-5H3,(H,23,26)(H,24,25). The monoisotopic (exact) mass is 401 g/mol. The van der Waals surface area contributed by atoms with Crippen molar-refractivity contribution >= 4 is 12.1 Å². The van der Waals surface area contributed by atoms with Crippen LogP contribution in [0.15, 0.2) is 48.5 Å². The number of ether oxygens (including phenoxy) is 3. The summed E-state index contributed by atoms with van der Waals surface area (Å²) in [6.45, 7) is 5.15. The molecule has 2 aromatic carbocycles. The highest BCUT2D eigenvalue weighted by Gasteiger charge is 2.34. The topological polar surface area (TPSA) is 94.1 Å². The number of nitrogens with one attached hydrogen (secondary N) is 1. The highest BCUT2D eigenvalue weighted by molar-refractivity contribution is 5.82. The van der Waals surface area contributed by atoms with Crippen molar-refractivity contribution in [1.82, 2.24) is 5.32 Å². The number of carboxylic acid groups (broad SMARTS) is 1. The first kappa shape index (κ1) is 22.1. The van der Waals surface area contributed by atoms with Gasteiger partial charge in [-0.25, -0.2) is 9.59 Å². The van der Waals surface area contributed by atoms with Crippen LogP contribution in [0.25, 0.3) is 0 Å². The zero-order chi connectivity index (χ0) is 21.6. The lowest BCUT2D eigenvalue weighted by Crippen LogP contribution is -2.47. The molecule has 1 amide bonds. The van der Waals surface area contributed by atoms with E-state index in [0.717, 1.165) is 0 Å². The number of rotatable bonds is 7. The lowest BCUT2D eigenvalue weighted by molar-refractivity contribution is -0.139. The fraction of sp³-hybridized carbons (Fsp3) is 0.364. The van der Waals surface area contributed by atoms with Crippen molar-refractivity contribution in [3.63, 3.8) is 0 Å². The predicted molar refractivity (Wildman–Crippen MR) is 109 cm³/mol. The highest BCUT2D eigenvalue weighted by atomic mass is 16.6. The van der Waals surface area contributed by atoms with Crippen LogP contribution in [0.4, 0.5) is 4.79 Å². The Hall–Kier alpha value is -3.22. The summed E-state index contributed by atoms with van der Waals surface area (Å²) < 4.78 is 15.6. The molecule has 7 heteroatoms. The van der Waals surface area contributed by atoms with Crippen LogP contribution < -0.4 is 14.8 Å². The number of carbonyl (C=O) groups excluding carboxylic acids is 1. The number of alkyl carbamates (subject to hydrolysis) is 1. The molecule has 2 rings (SSSR count). The largest absolute Gasteiger partial charge is 0.497 e. The summed E-state index contributed by atoms with van der Waals surface area (Å²) in [5.41, 5.74) is 0.668. The van der Waals surface area contributed by atoms with Crippen LogP contribution >= 0.6 is 0 Å². The third kappa shape index (κ3) is 6.14. The Bertz CT molecular complexity index is 776. The molecule has 0 saturated heterocycles. The molecule has 0 bridgehead atoms. The number of hydrogen-bond donors (Lipinski definition) is 2. The first-order chi connectivity index (χ1) is 13.6. The van der Waals surface area contributed by atoms with Crippen molar-refractivity contribution in [3.8, 4) is 11.5 Å². The van der Waals surface area contributed by atoms with Crippen LogP contribution in [0.2, 0.25) is 0 Å². The zero-order valence-electron chi connectivity index (χ0n) is 17.3. The molecule has 0 spiro atoms. The van der Waals surface area contributed by atoms with E-state index >= 15 is 0 Å². The number of hydrogen-bond acceptors (Lipinski definition) is 5. The second-order valence-corrected chi connectivity index (χ2v) is 7.49. The molecule has 0 aromatic heterocycles. The van der Waals surface area contributed by atoms with Gasteiger partial charge in [-0.1, -0.05) is 24.3 Å². The SMILES string of the molecule is COc1ccc(C(c2ccc(OC)cc2)C(NC(=O)OC(C)(C)C)C(=O)O)cc1. The molecule has 0 radical (unpaired) electrons. The van der Waals surface area contributed by atoms with E-state index in [1.54, 1.807) is 83.5 Å². The highest BCUT2D eigenvalue weighted by Crippen LogP contribution is 2.31. The van der Waals surface area contributed by atoms with Crippen LogP contribution in [0.5, 0.6) is 11.5 Å². The Morgan fingerprint density at radius 3 is 1.59 bits per heavy atom. The predicted octanol–water partition coefficient (Wildman–Crippen LogP) is 3.81. The van der Waals surface area contributed by atoms with Crippen LogP contribution in [-0.4, -0.2) is 43.0 Å². The molecular weight excluding hydrogens is 374 g/mol. The average molecular weight is 401 g/mol. The molecule has 0 heterocycles. The summed E-state index contributed by atoms with van der Waals surface area (Å²) in [4.78, 5) is 24.4. The van der Waals surface area contributed by atoms with E-state index < -0.39 is 29.6 Å². The summed E-state index contributed by atoms with van der Waals surface area (Å²) in [7, 11) is 3.11. The van der Waals surface area contributed by atoms with Gasteiger partial charge in [0.1, 0.15) is 23.1 Å². The van der Waals surface area contributed by atoms with E-state index in [0.29, 0.717) is 22.6 Å². The van der Waals surface area contributed by atoms with Crippen molar-refractivity contribution in [2.75, 3.05) is 14.2 Å². The van der Waals surface area contributed by atoms with Gasteiger partial charge < -0.3 is 24.6 Å². The molecule has 1 atom stereocenters.